The molecule has 3 heteroatoms. The minimum atomic E-state index is 0.161. The van der Waals surface area contributed by atoms with Gasteiger partial charge in [-0.1, -0.05) is 6.07 Å². The molecule has 1 aliphatic rings. The highest BCUT2D eigenvalue weighted by Crippen LogP contribution is 2.36. The minimum absolute atomic E-state index is 0.161. The zero-order valence-electron chi connectivity index (χ0n) is 12.5. The van der Waals surface area contributed by atoms with Gasteiger partial charge in [-0.05, 0) is 74.2 Å². The Labute approximate surface area is 125 Å². The molecule has 0 aromatic heterocycles. The van der Waals surface area contributed by atoms with Crippen LogP contribution in [-0.4, -0.2) is 18.1 Å². The van der Waals surface area contributed by atoms with Crippen LogP contribution in [0.2, 0.25) is 0 Å². The van der Waals surface area contributed by atoms with Crippen LogP contribution in [0.3, 0.4) is 0 Å². The van der Waals surface area contributed by atoms with Gasteiger partial charge in [0.25, 0.3) is 0 Å². The Kier molecular flexibility index (Phi) is 4.57. The summed E-state index contributed by atoms with van der Waals surface area (Å²) in [6, 6.07) is 7.51. The standard InChI is InChI=1S/C16H25BrN2/c1-5-19(13-7-8-13)15-9-6-12(10-14(15)17)11-18-16(2,3)4/h6,9-10,13,18H,5,7-8,11H2,1-4H3. The molecule has 1 aliphatic carbocycles. The number of benzene rings is 1. The first-order chi connectivity index (χ1) is 8.90. The average Bonchev–Trinajstić information content (AvgIpc) is 3.13. The third kappa shape index (κ3) is 4.22. The van der Waals surface area contributed by atoms with Gasteiger partial charge >= 0.3 is 0 Å². The third-order valence-electron chi connectivity index (χ3n) is 3.47. The molecule has 0 amide bonds. The van der Waals surface area contributed by atoms with Crippen molar-refractivity contribution in [3.05, 3.63) is 28.2 Å². The van der Waals surface area contributed by atoms with Crippen molar-refractivity contribution >= 4 is 21.6 Å². The van der Waals surface area contributed by atoms with Crippen molar-refractivity contribution < 1.29 is 0 Å². The quantitative estimate of drug-likeness (QED) is 0.867. The van der Waals surface area contributed by atoms with E-state index in [-0.39, 0.29) is 5.54 Å². The Morgan fingerprint density at radius 2 is 2.00 bits per heavy atom. The number of nitrogens with zero attached hydrogens (tertiary/aromatic N) is 1. The van der Waals surface area contributed by atoms with Gasteiger partial charge in [0, 0.05) is 29.1 Å². The molecule has 19 heavy (non-hydrogen) atoms. The Bertz CT molecular complexity index is 433. The Morgan fingerprint density at radius 3 is 2.47 bits per heavy atom. The maximum absolute atomic E-state index is 3.74. The van der Waals surface area contributed by atoms with Crippen LogP contribution in [0.15, 0.2) is 22.7 Å². The molecular weight excluding hydrogens is 300 g/mol. The molecule has 1 aromatic rings. The zero-order valence-corrected chi connectivity index (χ0v) is 14.0. The molecule has 2 rings (SSSR count). The monoisotopic (exact) mass is 324 g/mol. The van der Waals surface area contributed by atoms with Crippen LogP contribution in [0.4, 0.5) is 5.69 Å². The van der Waals surface area contributed by atoms with Crippen molar-refractivity contribution in [1.82, 2.24) is 5.32 Å². The van der Waals surface area contributed by atoms with E-state index in [9.17, 15) is 0 Å². The Hall–Kier alpha value is -0.540. The average molecular weight is 325 g/mol. The summed E-state index contributed by atoms with van der Waals surface area (Å²) >= 11 is 3.74. The number of rotatable bonds is 5. The molecule has 2 nitrogen and oxygen atoms in total. The molecule has 0 atom stereocenters. The van der Waals surface area contributed by atoms with E-state index < -0.39 is 0 Å². The molecule has 1 aromatic carbocycles. The molecule has 0 heterocycles. The lowest BCUT2D eigenvalue weighted by molar-refractivity contribution is 0.424. The van der Waals surface area contributed by atoms with Crippen molar-refractivity contribution in [2.24, 2.45) is 0 Å². The first-order valence-corrected chi connectivity index (χ1v) is 8.00. The van der Waals surface area contributed by atoms with Crippen LogP contribution >= 0.6 is 15.9 Å². The van der Waals surface area contributed by atoms with E-state index >= 15 is 0 Å². The lowest BCUT2D eigenvalue weighted by Gasteiger charge is -2.25. The SMILES string of the molecule is CCN(c1ccc(CNC(C)(C)C)cc1Br)C1CC1. The molecule has 0 bridgehead atoms. The van der Waals surface area contributed by atoms with Gasteiger partial charge in [-0.25, -0.2) is 0 Å². The Balaban J connectivity index is 2.08. The number of halogens is 1. The molecule has 1 N–H and O–H groups in total. The summed E-state index contributed by atoms with van der Waals surface area (Å²) in [4.78, 5) is 2.51. The normalized spacial score (nSPS) is 15.6. The summed E-state index contributed by atoms with van der Waals surface area (Å²) in [6.45, 7) is 10.8. The summed E-state index contributed by atoms with van der Waals surface area (Å²) < 4.78 is 1.22. The first kappa shape index (κ1) is 14.9. The van der Waals surface area contributed by atoms with Crippen LogP contribution in [0, 0.1) is 0 Å². The number of nitrogens with one attached hydrogen (secondary N) is 1. The highest BCUT2D eigenvalue weighted by atomic mass is 79.9. The van der Waals surface area contributed by atoms with E-state index in [0.717, 1.165) is 19.1 Å². The lowest BCUT2D eigenvalue weighted by Crippen LogP contribution is -2.35. The summed E-state index contributed by atoms with van der Waals surface area (Å²) in [6.07, 6.45) is 2.68. The molecule has 106 valence electrons. The topological polar surface area (TPSA) is 15.3 Å². The van der Waals surface area contributed by atoms with E-state index in [4.69, 9.17) is 0 Å². The molecule has 0 aliphatic heterocycles. The van der Waals surface area contributed by atoms with Gasteiger partial charge in [0.2, 0.25) is 0 Å². The van der Waals surface area contributed by atoms with E-state index in [1.807, 2.05) is 0 Å². The summed E-state index contributed by atoms with van der Waals surface area (Å²) in [5, 5.41) is 3.53. The fraction of sp³-hybridized carbons (Fsp3) is 0.625. The van der Waals surface area contributed by atoms with Crippen molar-refractivity contribution in [1.29, 1.82) is 0 Å². The number of hydrogen-bond acceptors (Lipinski definition) is 2. The third-order valence-corrected chi connectivity index (χ3v) is 4.11. The smallest absolute Gasteiger partial charge is 0.0513 e. The highest BCUT2D eigenvalue weighted by Gasteiger charge is 2.29. The van der Waals surface area contributed by atoms with Crippen LogP contribution < -0.4 is 10.2 Å². The van der Waals surface area contributed by atoms with Crippen LogP contribution in [0.25, 0.3) is 0 Å². The van der Waals surface area contributed by atoms with E-state index in [1.165, 1.54) is 28.6 Å². The highest BCUT2D eigenvalue weighted by molar-refractivity contribution is 9.10. The molecule has 0 radical (unpaired) electrons. The second-order valence-electron chi connectivity index (χ2n) is 6.41. The van der Waals surface area contributed by atoms with Crippen molar-refractivity contribution in [2.45, 2.75) is 58.7 Å². The fourth-order valence-corrected chi connectivity index (χ4v) is 2.93. The van der Waals surface area contributed by atoms with E-state index in [2.05, 4.69) is 72.0 Å². The summed E-state index contributed by atoms with van der Waals surface area (Å²) in [7, 11) is 0. The largest absolute Gasteiger partial charge is 0.368 e. The maximum atomic E-state index is 3.74. The second-order valence-corrected chi connectivity index (χ2v) is 7.26. The minimum Gasteiger partial charge on any atom is -0.368 e. The number of hydrogen-bond donors (Lipinski definition) is 1. The molecule has 0 spiro atoms. The lowest BCUT2D eigenvalue weighted by atomic mass is 10.1. The van der Waals surface area contributed by atoms with Crippen LogP contribution in [0.1, 0.15) is 46.1 Å². The van der Waals surface area contributed by atoms with Gasteiger partial charge in [0.15, 0.2) is 0 Å². The van der Waals surface area contributed by atoms with Gasteiger partial charge in [-0.15, -0.1) is 0 Å². The summed E-state index contributed by atoms with van der Waals surface area (Å²) in [5.74, 6) is 0. The number of anilines is 1. The zero-order chi connectivity index (χ0) is 14.0. The van der Waals surface area contributed by atoms with Crippen molar-refractivity contribution in [3.63, 3.8) is 0 Å². The molecule has 1 saturated carbocycles. The molecule has 0 saturated heterocycles. The van der Waals surface area contributed by atoms with Gasteiger partial charge in [-0.3, -0.25) is 0 Å². The molecule has 1 fully saturated rings. The van der Waals surface area contributed by atoms with Crippen LogP contribution in [0.5, 0.6) is 0 Å². The van der Waals surface area contributed by atoms with Gasteiger partial charge in [-0.2, -0.15) is 0 Å². The van der Waals surface area contributed by atoms with E-state index in [0.29, 0.717) is 0 Å². The van der Waals surface area contributed by atoms with Crippen LogP contribution in [-0.2, 0) is 6.54 Å². The molecular formula is C16H25BrN2. The first-order valence-electron chi connectivity index (χ1n) is 7.21. The van der Waals surface area contributed by atoms with Gasteiger partial charge in [0.05, 0.1) is 5.69 Å². The van der Waals surface area contributed by atoms with Gasteiger partial charge < -0.3 is 10.2 Å². The van der Waals surface area contributed by atoms with Gasteiger partial charge in [0.1, 0.15) is 0 Å². The predicted molar refractivity (Wildman–Crippen MR) is 86.8 cm³/mol. The van der Waals surface area contributed by atoms with E-state index in [1.54, 1.807) is 0 Å². The Morgan fingerprint density at radius 1 is 1.32 bits per heavy atom. The second kappa shape index (κ2) is 5.84. The van der Waals surface area contributed by atoms with Crippen molar-refractivity contribution in [3.8, 4) is 0 Å². The van der Waals surface area contributed by atoms with Crippen molar-refractivity contribution in [2.75, 3.05) is 11.4 Å². The molecule has 0 unspecified atom stereocenters. The predicted octanol–water partition coefficient (Wildman–Crippen LogP) is 4.33. The maximum Gasteiger partial charge on any atom is 0.0513 e. The fourth-order valence-electron chi connectivity index (χ4n) is 2.27. The summed E-state index contributed by atoms with van der Waals surface area (Å²) in [5.41, 5.74) is 2.83.